The number of nitriles is 1. The average molecular weight is 1190 g/mol. The van der Waals surface area contributed by atoms with Gasteiger partial charge in [0.25, 0.3) is 6.71 Å². The third kappa shape index (κ3) is 7.60. The highest BCUT2D eigenvalue weighted by molar-refractivity contribution is 7.00. The second-order valence-corrected chi connectivity index (χ2v) is 25.7. The van der Waals surface area contributed by atoms with Crippen LogP contribution in [0.15, 0.2) is 276 Å². The molecule has 0 unspecified atom stereocenters. The smallest absolute Gasteiger partial charge is 0.252 e. The standard InChI is InChI=1S/C84H53BN6O2/c1-84(2,3)53-41-75-81-76(42-53)91(72-48-80-65(59-29-14-18-36-78(59)93-80)46-63(72)51-23-9-6-10-24-51)74-44-55(89-70-34-16-12-27-57(70)61-31-20-32-68(87-4)83(61)89)38-40-67(74)85(81)66-39-37-54(88-69-33-15-11-26-56(69)60-30-19-25-52(49-86)82(60)88)43-73(66)90(75)71-47-79-64(58-28-13-17-35-77(58)92-79)45-62(71)50-21-7-5-8-22-50/h5-48H,1-3H3. The first-order valence-corrected chi connectivity index (χ1v) is 31.6. The molecule has 0 saturated heterocycles. The Morgan fingerprint density at radius 3 is 1.35 bits per heavy atom. The first-order valence-electron chi connectivity index (χ1n) is 31.6. The molecule has 19 rings (SSSR count). The first kappa shape index (κ1) is 52.6. The Morgan fingerprint density at radius 2 is 0.849 bits per heavy atom. The third-order valence-corrected chi connectivity index (χ3v) is 19.7. The van der Waals surface area contributed by atoms with Crippen molar-refractivity contribution in [3.63, 3.8) is 0 Å². The van der Waals surface area contributed by atoms with Gasteiger partial charge in [-0.3, -0.25) is 0 Å². The molecule has 9 heteroatoms. The fourth-order valence-electron chi connectivity index (χ4n) is 15.5. The molecule has 0 aliphatic carbocycles. The molecule has 2 aliphatic rings. The normalized spacial score (nSPS) is 12.8. The summed E-state index contributed by atoms with van der Waals surface area (Å²) >= 11 is 0. The molecular weight excluding hydrogens is 1140 g/mol. The summed E-state index contributed by atoms with van der Waals surface area (Å²) in [6, 6.07) is 98.0. The summed E-state index contributed by atoms with van der Waals surface area (Å²) in [7, 11) is 0. The number of benzene rings is 13. The Labute approximate surface area is 535 Å². The molecule has 13 aromatic carbocycles. The summed E-state index contributed by atoms with van der Waals surface area (Å²) in [5.74, 6) is 0. The van der Waals surface area contributed by atoms with Gasteiger partial charge in [0, 0.05) is 95.1 Å². The van der Waals surface area contributed by atoms with Crippen LogP contribution < -0.4 is 26.2 Å². The van der Waals surface area contributed by atoms with Crippen LogP contribution in [-0.2, 0) is 5.41 Å². The van der Waals surface area contributed by atoms with Gasteiger partial charge in [-0.1, -0.05) is 197 Å². The van der Waals surface area contributed by atoms with E-state index in [1.165, 1.54) is 0 Å². The molecule has 0 radical (unpaired) electrons. The van der Waals surface area contributed by atoms with Crippen LogP contribution in [0.25, 0.3) is 126 Å². The third-order valence-electron chi connectivity index (χ3n) is 19.7. The fourth-order valence-corrected chi connectivity index (χ4v) is 15.5. The Hall–Kier alpha value is -12.3. The van der Waals surface area contributed by atoms with Crippen LogP contribution in [0, 0.1) is 17.9 Å². The first-order chi connectivity index (χ1) is 45.7. The van der Waals surface area contributed by atoms with Crippen LogP contribution in [0.2, 0.25) is 0 Å². The van der Waals surface area contributed by atoms with Gasteiger partial charge < -0.3 is 27.8 Å². The van der Waals surface area contributed by atoms with Crippen molar-refractivity contribution >= 4 is 150 Å². The summed E-state index contributed by atoms with van der Waals surface area (Å²) in [5.41, 5.74) is 24.4. The topological polar surface area (TPSA) is 70.8 Å². The fraction of sp³-hybridized carbons (Fsp3) is 0.0476. The van der Waals surface area contributed by atoms with Gasteiger partial charge in [-0.2, -0.15) is 5.26 Å². The number of rotatable bonds is 6. The number of anilines is 6. The minimum atomic E-state index is -0.367. The Balaban J connectivity index is 0.982. The van der Waals surface area contributed by atoms with Gasteiger partial charge >= 0.3 is 0 Å². The Morgan fingerprint density at radius 1 is 0.398 bits per heavy atom. The van der Waals surface area contributed by atoms with Gasteiger partial charge in [-0.25, -0.2) is 4.85 Å². The molecule has 0 spiro atoms. The highest BCUT2D eigenvalue weighted by Gasteiger charge is 2.46. The van der Waals surface area contributed by atoms with E-state index >= 15 is 0 Å². The van der Waals surface area contributed by atoms with Crippen molar-refractivity contribution in [2.24, 2.45) is 0 Å². The van der Waals surface area contributed by atoms with Gasteiger partial charge in [0.15, 0.2) is 0 Å². The molecule has 0 fully saturated rings. The van der Waals surface area contributed by atoms with E-state index in [2.05, 4.69) is 281 Å². The van der Waals surface area contributed by atoms with E-state index in [1.54, 1.807) is 0 Å². The van der Waals surface area contributed by atoms with Crippen molar-refractivity contribution in [2.45, 2.75) is 26.2 Å². The summed E-state index contributed by atoms with van der Waals surface area (Å²) in [5, 5.41) is 19.3. The Kier molecular flexibility index (Phi) is 11.1. The van der Waals surface area contributed by atoms with E-state index in [0.29, 0.717) is 11.3 Å². The zero-order valence-corrected chi connectivity index (χ0v) is 51.0. The number of fused-ring (bicyclic) bond motifs is 16. The maximum Gasteiger partial charge on any atom is 0.252 e. The van der Waals surface area contributed by atoms with Gasteiger partial charge in [-0.05, 0) is 123 Å². The van der Waals surface area contributed by atoms with Crippen molar-refractivity contribution in [3.8, 4) is 39.7 Å². The molecule has 4 aromatic heterocycles. The predicted octanol–water partition coefficient (Wildman–Crippen LogP) is 20.8. The molecule has 0 amide bonds. The van der Waals surface area contributed by atoms with Crippen LogP contribution >= 0.6 is 0 Å². The number of para-hydroxylation sites is 6. The lowest BCUT2D eigenvalue weighted by molar-refractivity contribution is 0.590. The van der Waals surface area contributed by atoms with E-state index in [-0.39, 0.29) is 12.1 Å². The summed E-state index contributed by atoms with van der Waals surface area (Å²) in [4.78, 5) is 9.24. The van der Waals surface area contributed by atoms with Gasteiger partial charge in [-0.15, -0.1) is 0 Å². The second kappa shape index (κ2) is 19.6. The molecule has 0 saturated carbocycles. The number of hydrogen-bond donors (Lipinski definition) is 0. The van der Waals surface area contributed by atoms with Crippen LogP contribution in [0.4, 0.5) is 39.8 Å². The molecule has 8 nitrogen and oxygen atoms in total. The lowest BCUT2D eigenvalue weighted by atomic mass is 9.33. The monoisotopic (exact) mass is 1190 g/mol. The number of hydrogen-bond acceptors (Lipinski definition) is 5. The van der Waals surface area contributed by atoms with Crippen LogP contribution in [0.5, 0.6) is 0 Å². The molecular formula is C84H53BN6O2. The van der Waals surface area contributed by atoms with Crippen molar-refractivity contribution in [1.29, 1.82) is 5.26 Å². The lowest BCUT2D eigenvalue weighted by Crippen LogP contribution is -2.61. The van der Waals surface area contributed by atoms with Crippen molar-refractivity contribution in [2.75, 3.05) is 9.80 Å². The number of aromatic nitrogens is 2. The van der Waals surface area contributed by atoms with Crippen LogP contribution in [0.1, 0.15) is 31.9 Å². The molecule has 17 aromatic rings. The van der Waals surface area contributed by atoms with E-state index in [0.717, 1.165) is 177 Å². The quantitative estimate of drug-likeness (QED) is 0.123. The average Bonchev–Trinajstić information content (AvgIpc) is 1.16. The molecule has 93 heavy (non-hydrogen) atoms. The highest BCUT2D eigenvalue weighted by atomic mass is 16.3. The van der Waals surface area contributed by atoms with Crippen molar-refractivity contribution < 1.29 is 8.83 Å². The van der Waals surface area contributed by atoms with Gasteiger partial charge in [0.05, 0.1) is 45.6 Å². The Bertz CT molecular complexity index is 5800. The van der Waals surface area contributed by atoms with Crippen LogP contribution in [0.3, 0.4) is 0 Å². The minimum Gasteiger partial charge on any atom is -0.456 e. The lowest BCUT2D eigenvalue weighted by Gasteiger charge is -2.46. The zero-order chi connectivity index (χ0) is 62.0. The molecule has 2 aliphatic heterocycles. The molecule has 434 valence electrons. The molecule has 0 N–H and O–H groups in total. The highest BCUT2D eigenvalue weighted by Crippen LogP contribution is 2.53. The summed E-state index contributed by atoms with van der Waals surface area (Å²) in [6.45, 7) is 15.2. The number of nitrogens with zero attached hydrogens (tertiary/aromatic N) is 6. The molecule has 0 bridgehead atoms. The van der Waals surface area contributed by atoms with E-state index in [1.807, 2.05) is 36.4 Å². The summed E-state index contributed by atoms with van der Waals surface area (Å²) in [6.07, 6.45) is 0. The van der Waals surface area contributed by atoms with E-state index in [9.17, 15) is 5.26 Å². The van der Waals surface area contributed by atoms with E-state index < -0.39 is 0 Å². The SMILES string of the molecule is [C-]#[N+]c1cccc2c3ccccc3n(-c3ccc4c(c3)N(c3cc5oc6ccccc6c5cc3-c3ccccc3)c3cc(C(C)(C)C)cc5c3B4c3ccc(-n4c6ccccc6c6cccc(C#N)c64)cc3N5c3cc4oc5ccccc5c4cc3-c3ccccc3)c12. The van der Waals surface area contributed by atoms with Crippen molar-refractivity contribution in [3.05, 3.63) is 289 Å². The molecule has 0 atom stereocenters. The van der Waals surface area contributed by atoms with Gasteiger partial charge in [0.2, 0.25) is 5.69 Å². The van der Waals surface area contributed by atoms with Crippen molar-refractivity contribution in [1.82, 2.24) is 9.13 Å². The number of furan rings is 2. The second-order valence-electron chi connectivity index (χ2n) is 25.7. The maximum atomic E-state index is 11.0. The summed E-state index contributed by atoms with van der Waals surface area (Å²) < 4.78 is 18.5. The minimum absolute atomic E-state index is 0.320. The largest absolute Gasteiger partial charge is 0.456 e. The zero-order valence-electron chi connectivity index (χ0n) is 51.0. The van der Waals surface area contributed by atoms with Crippen LogP contribution in [-0.4, -0.2) is 15.8 Å². The van der Waals surface area contributed by atoms with E-state index in [4.69, 9.17) is 15.4 Å². The molecule has 6 heterocycles. The predicted molar refractivity (Wildman–Crippen MR) is 384 cm³/mol. The van der Waals surface area contributed by atoms with Gasteiger partial charge in [0.1, 0.15) is 28.4 Å². The maximum absolute atomic E-state index is 11.0.